The molecule has 3 aromatic heterocycles. The molecule has 0 aromatic carbocycles. The summed E-state index contributed by atoms with van der Waals surface area (Å²) in [5, 5.41) is 14.0. The summed E-state index contributed by atoms with van der Waals surface area (Å²) < 4.78 is 9.75. The van der Waals surface area contributed by atoms with Crippen LogP contribution >= 0.6 is 11.8 Å². The lowest BCUT2D eigenvalue weighted by atomic mass is 10.2. The van der Waals surface area contributed by atoms with E-state index in [1.807, 2.05) is 43.8 Å². The first-order valence-corrected chi connectivity index (χ1v) is 9.34. The Morgan fingerprint density at radius 3 is 3.00 bits per heavy atom. The summed E-state index contributed by atoms with van der Waals surface area (Å²) in [6.45, 7) is 1.60. The number of rotatable bonds is 6. The summed E-state index contributed by atoms with van der Waals surface area (Å²) in [5.41, 5.74) is 2.00. The van der Waals surface area contributed by atoms with Crippen molar-refractivity contribution in [3.63, 3.8) is 0 Å². The van der Waals surface area contributed by atoms with Crippen molar-refractivity contribution < 1.29 is 4.74 Å². The van der Waals surface area contributed by atoms with Crippen molar-refractivity contribution >= 4 is 11.8 Å². The summed E-state index contributed by atoms with van der Waals surface area (Å²) in [6, 6.07) is 5.95. The second-order valence-electron chi connectivity index (χ2n) is 6.06. The third-order valence-corrected chi connectivity index (χ3v) is 5.17. The van der Waals surface area contributed by atoms with Crippen LogP contribution in [0.1, 0.15) is 18.5 Å². The fraction of sp³-hybridized carbons (Fsp3) is 0.412. The Bertz CT molecular complexity index is 825. The van der Waals surface area contributed by atoms with Crippen molar-refractivity contribution in [3.8, 4) is 11.4 Å². The van der Waals surface area contributed by atoms with E-state index >= 15 is 0 Å². The van der Waals surface area contributed by atoms with E-state index in [0.29, 0.717) is 0 Å². The zero-order valence-corrected chi connectivity index (χ0v) is 14.9. The van der Waals surface area contributed by atoms with Gasteiger partial charge in [0.25, 0.3) is 0 Å². The summed E-state index contributed by atoms with van der Waals surface area (Å²) in [6.07, 6.45) is 8.02. The third kappa shape index (κ3) is 3.74. The number of nitrogens with zero attached hydrogens (tertiary/aromatic N) is 6. The van der Waals surface area contributed by atoms with Crippen LogP contribution in [0.5, 0.6) is 0 Å². The molecular formula is C17H20N6OS. The molecule has 0 bridgehead atoms. The van der Waals surface area contributed by atoms with Crippen LogP contribution in [0, 0.1) is 0 Å². The molecule has 0 saturated carbocycles. The van der Waals surface area contributed by atoms with Gasteiger partial charge in [-0.2, -0.15) is 5.10 Å². The van der Waals surface area contributed by atoms with E-state index < -0.39 is 0 Å². The van der Waals surface area contributed by atoms with Crippen molar-refractivity contribution in [1.29, 1.82) is 0 Å². The zero-order chi connectivity index (χ0) is 17.1. The summed E-state index contributed by atoms with van der Waals surface area (Å²) in [7, 11) is 1.90. The molecule has 130 valence electrons. The highest BCUT2D eigenvalue weighted by Gasteiger charge is 2.22. The van der Waals surface area contributed by atoms with E-state index in [1.54, 1.807) is 16.4 Å². The molecule has 1 fully saturated rings. The first-order chi connectivity index (χ1) is 12.3. The van der Waals surface area contributed by atoms with Gasteiger partial charge in [-0.3, -0.25) is 14.2 Å². The maximum atomic E-state index is 5.82. The topological polar surface area (TPSA) is 70.7 Å². The zero-order valence-electron chi connectivity index (χ0n) is 14.1. The minimum absolute atomic E-state index is 0.223. The number of hydrogen-bond donors (Lipinski definition) is 0. The lowest BCUT2D eigenvalue weighted by Crippen LogP contribution is -2.16. The predicted molar refractivity (Wildman–Crippen MR) is 95.0 cm³/mol. The van der Waals surface area contributed by atoms with Crippen LogP contribution in [-0.2, 0) is 24.1 Å². The van der Waals surface area contributed by atoms with E-state index in [0.717, 1.165) is 54.0 Å². The van der Waals surface area contributed by atoms with E-state index in [4.69, 9.17) is 4.74 Å². The van der Waals surface area contributed by atoms with Crippen LogP contribution in [0.25, 0.3) is 11.4 Å². The Labute approximate surface area is 150 Å². The first kappa shape index (κ1) is 16.3. The Hall–Kier alpha value is -2.19. The highest BCUT2D eigenvalue weighted by molar-refractivity contribution is 7.98. The SMILES string of the molecule is Cn1cc(-c2nnc(SCc3ccccn3)n2C[C@@H]2CCCO2)cn1. The van der Waals surface area contributed by atoms with Crippen LogP contribution in [0.15, 0.2) is 41.9 Å². The number of thioether (sulfide) groups is 1. The molecule has 3 aromatic rings. The fourth-order valence-electron chi connectivity index (χ4n) is 2.92. The second-order valence-corrected chi connectivity index (χ2v) is 7.01. The molecule has 8 heteroatoms. The van der Waals surface area contributed by atoms with Crippen molar-refractivity contribution in [1.82, 2.24) is 29.5 Å². The van der Waals surface area contributed by atoms with Crippen LogP contribution in [0.2, 0.25) is 0 Å². The molecule has 0 radical (unpaired) electrons. The van der Waals surface area contributed by atoms with Crippen molar-refractivity contribution in [3.05, 3.63) is 42.5 Å². The van der Waals surface area contributed by atoms with E-state index in [-0.39, 0.29) is 6.10 Å². The van der Waals surface area contributed by atoms with Gasteiger partial charge in [0.05, 0.1) is 30.1 Å². The summed E-state index contributed by atoms with van der Waals surface area (Å²) in [4.78, 5) is 4.38. The van der Waals surface area contributed by atoms with Crippen molar-refractivity contribution in [2.24, 2.45) is 7.05 Å². The fourth-order valence-corrected chi connectivity index (χ4v) is 3.79. The van der Waals surface area contributed by atoms with Crippen LogP contribution < -0.4 is 0 Å². The maximum absolute atomic E-state index is 5.82. The molecule has 0 spiro atoms. The Kier molecular flexibility index (Phi) is 4.80. The minimum Gasteiger partial charge on any atom is -0.376 e. The largest absolute Gasteiger partial charge is 0.376 e. The molecule has 1 aliphatic heterocycles. The Morgan fingerprint density at radius 2 is 2.28 bits per heavy atom. The van der Waals surface area contributed by atoms with Crippen molar-refractivity contribution in [2.45, 2.75) is 36.4 Å². The lowest BCUT2D eigenvalue weighted by Gasteiger charge is -2.14. The van der Waals surface area contributed by atoms with Gasteiger partial charge in [0.1, 0.15) is 0 Å². The number of hydrogen-bond acceptors (Lipinski definition) is 6. The molecule has 4 heterocycles. The molecule has 0 aliphatic carbocycles. The molecule has 1 aliphatic rings. The highest BCUT2D eigenvalue weighted by atomic mass is 32.2. The summed E-state index contributed by atoms with van der Waals surface area (Å²) >= 11 is 1.65. The lowest BCUT2D eigenvalue weighted by molar-refractivity contribution is 0.0953. The average molecular weight is 356 g/mol. The molecule has 1 atom stereocenters. The monoisotopic (exact) mass is 356 g/mol. The summed E-state index contributed by atoms with van der Waals surface area (Å²) in [5.74, 6) is 1.60. The number of aryl methyl sites for hydroxylation is 1. The molecule has 0 amide bonds. The maximum Gasteiger partial charge on any atom is 0.191 e. The standard InChI is InChI=1S/C17H20N6OS/c1-22-10-13(9-19-22)16-20-21-17(23(16)11-15-6-4-8-24-15)25-12-14-5-2-3-7-18-14/h2-3,5,7,9-10,15H,4,6,8,11-12H2,1H3/t15-/m0/s1. The predicted octanol–water partition coefficient (Wildman–Crippen LogP) is 2.54. The van der Waals surface area contributed by atoms with E-state index in [2.05, 4.69) is 24.8 Å². The van der Waals surface area contributed by atoms with Crippen molar-refractivity contribution in [2.75, 3.05) is 6.61 Å². The van der Waals surface area contributed by atoms with Gasteiger partial charge < -0.3 is 4.74 Å². The normalized spacial score (nSPS) is 17.2. The number of pyridine rings is 1. The molecular weight excluding hydrogens is 336 g/mol. The highest BCUT2D eigenvalue weighted by Crippen LogP contribution is 2.27. The van der Waals surface area contributed by atoms with Gasteiger partial charge >= 0.3 is 0 Å². The van der Waals surface area contributed by atoms with Gasteiger partial charge in [0.2, 0.25) is 0 Å². The van der Waals surface area contributed by atoms with E-state index in [9.17, 15) is 0 Å². The molecule has 0 N–H and O–H groups in total. The molecule has 4 rings (SSSR count). The number of ether oxygens (including phenoxy) is 1. The van der Waals surface area contributed by atoms with Crippen LogP contribution in [0.4, 0.5) is 0 Å². The van der Waals surface area contributed by atoms with Gasteiger partial charge in [-0.25, -0.2) is 0 Å². The van der Waals surface area contributed by atoms with Gasteiger partial charge in [-0.05, 0) is 25.0 Å². The molecule has 25 heavy (non-hydrogen) atoms. The third-order valence-electron chi connectivity index (χ3n) is 4.17. The van der Waals surface area contributed by atoms with E-state index in [1.165, 1.54) is 0 Å². The number of aromatic nitrogens is 6. The molecule has 7 nitrogen and oxygen atoms in total. The minimum atomic E-state index is 0.223. The van der Waals surface area contributed by atoms with Gasteiger partial charge in [-0.1, -0.05) is 17.8 Å². The van der Waals surface area contributed by atoms with Gasteiger partial charge in [0.15, 0.2) is 11.0 Å². The van der Waals surface area contributed by atoms with Crippen LogP contribution in [0.3, 0.4) is 0 Å². The van der Waals surface area contributed by atoms with Gasteiger partial charge in [-0.15, -0.1) is 10.2 Å². The quantitative estimate of drug-likeness (QED) is 0.632. The molecule has 0 unspecified atom stereocenters. The average Bonchev–Trinajstić information content (AvgIpc) is 3.36. The second kappa shape index (κ2) is 7.37. The molecule has 1 saturated heterocycles. The van der Waals surface area contributed by atoms with Gasteiger partial charge in [0, 0.05) is 31.8 Å². The first-order valence-electron chi connectivity index (χ1n) is 8.36. The Balaban J connectivity index is 1.59. The van der Waals surface area contributed by atoms with Crippen LogP contribution in [-0.4, -0.2) is 42.2 Å². The Morgan fingerprint density at radius 1 is 1.32 bits per heavy atom. The smallest absolute Gasteiger partial charge is 0.191 e.